The molecule has 3 rings (SSSR count). The molecule has 0 bridgehead atoms. The molecule has 0 aliphatic rings. The van der Waals surface area contributed by atoms with Crippen LogP contribution in [0.5, 0.6) is 0 Å². The van der Waals surface area contributed by atoms with Gasteiger partial charge in [0.05, 0.1) is 6.54 Å². The van der Waals surface area contributed by atoms with Crippen molar-refractivity contribution in [1.29, 1.82) is 0 Å². The average Bonchev–Trinajstić information content (AvgIpc) is 3.03. The van der Waals surface area contributed by atoms with Gasteiger partial charge >= 0.3 is 0 Å². The highest BCUT2D eigenvalue weighted by Crippen LogP contribution is 2.07. The third-order valence-corrected chi connectivity index (χ3v) is 2.79. The zero-order chi connectivity index (χ0) is 12.2. The molecule has 0 amide bonds. The summed E-state index contributed by atoms with van der Waals surface area (Å²) in [6, 6.07) is 8.16. The van der Waals surface area contributed by atoms with Crippen molar-refractivity contribution in [3.05, 3.63) is 72.6 Å². The van der Waals surface area contributed by atoms with Crippen LogP contribution in [0.25, 0.3) is 0 Å². The molecule has 0 aliphatic carbocycles. The minimum absolute atomic E-state index is 0.763. The van der Waals surface area contributed by atoms with Crippen LogP contribution in [0.1, 0.15) is 11.1 Å². The van der Waals surface area contributed by atoms with E-state index >= 15 is 0 Å². The molecule has 0 radical (unpaired) electrons. The predicted octanol–water partition coefficient (Wildman–Crippen LogP) is 2.18. The van der Waals surface area contributed by atoms with Gasteiger partial charge in [-0.25, -0.2) is 0 Å². The highest BCUT2D eigenvalue weighted by atomic mass is 15.3. The van der Waals surface area contributed by atoms with Crippen LogP contribution in [0.4, 0.5) is 0 Å². The molecule has 0 aromatic carbocycles. The van der Waals surface area contributed by atoms with Crippen LogP contribution in [0.2, 0.25) is 0 Å². The first-order valence-electron chi connectivity index (χ1n) is 5.91. The molecule has 90 valence electrons. The molecule has 0 unspecified atom stereocenters. The number of rotatable bonds is 4. The molecule has 0 N–H and O–H groups in total. The zero-order valence-electron chi connectivity index (χ0n) is 9.98. The standard InChI is InChI=1S/C14H14N4/c1-2-6-17(5-1)11-13-8-14(10-15-9-13)12-18-7-3-4-16-18/h1-10H,11-12H2. The molecule has 18 heavy (non-hydrogen) atoms. The number of aromatic nitrogens is 4. The van der Waals surface area contributed by atoms with E-state index in [1.54, 1.807) is 6.20 Å². The fraction of sp³-hybridized carbons (Fsp3) is 0.143. The van der Waals surface area contributed by atoms with Crippen LogP contribution in [0.15, 0.2) is 61.4 Å². The second-order valence-corrected chi connectivity index (χ2v) is 4.26. The summed E-state index contributed by atoms with van der Waals surface area (Å²) >= 11 is 0. The van der Waals surface area contributed by atoms with E-state index in [-0.39, 0.29) is 0 Å². The third-order valence-electron chi connectivity index (χ3n) is 2.79. The van der Waals surface area contributed by atoms with Crippen molar-refractivity contribution in [3.63, 3.8) is 0 Å². The Hall–Kier alpha value is -2.36. The summed E-state index contributed by atoms with van der Waals surface area (Å²) in [7, 11) is 0. The predicted molar refractivity (Wildman–Crippen MR) is 69.1 cm³/mol. The van der Waals surface area contributed by atoms with Crippen molar-refractivity contribution in [1.82, 2.24) is 19.3 Å². The lowest BCUT2D eigenvalue weighted by molar-refractivity contribution is 0.682. The largest absolute Gasteiger partial charge is 0.350 e. The first kappa shape index (κ1) is 10.8. The smallest absolute Gasteiger partial charge is 0.0674 e. The summed E-state index contributed by atoms with van der Waals surface area (Å²) in [5.41, 5.74) is 2.37. The molecule has 0 saturated heterocycles. The normalized spacial score (nSPS) is 10.7. The molecular weight excluding hydrogens is 224 g/mol. The first-order valence-corrected chi connectivity index (χ1v) is 5.91. The van der Waals surface area contributed by atoms with Gasteiger partial charge in [0.15, 0.2) is 0 Å². The van der Waals surface area contributed by atoms with Crippen LogP contribution in [-0.4, -0.2) is 19.3 Å². The van der Waals surface area contributed by atoms with E-state index in [4.69, 9.17) is 0 Å². The highest BCUT2D eigenvalue weighted by Gasteiger charge is 1.99. The quantitative estimate of drug-likeness (QED) is 0.698. The monoisotopic (exact) mass is 238 g/mol. The Labute approximate surface area is 106 Å². The van der Waals surface area contributed by atoms with Crippen LogP contribution >= 0.6 is 0 Å². The number of nitrogens with zero attached hydrogens (tertiary/aromatic N) is 4. The molecule has 0 fully saturated rings. The fourth-order valence-electron chi connectivity index (χ4n) is 1.98. The molecule has 3 aromatic rings. The Kier molecular flexibility index (Phi) is 2.92. The summed E-state index contributed by atoms with van der Waals surface area (Å²) in [6.07, 6.45) is 11.7. The van der Waals surface area contributed by atoms with Gasteiger partial charge in [-0.15, -0.1) is 0 Å². The summed E-state index contributed by atoms with van der Waals surface area (Å²) in [6.45, 7) is 1.62. The summed E-state index contributed by atoms with van der Waals surface area (Å²) in [5.74, 6) is 0. The van der Waals surface area contributed by atoms with Gasteiger partial charge in [0, 0.05) is 43.7 Å². The van der Waals surface area contributed by atoms with E-state index in [0.717, 1.165) is 13.1 Å². The number of hydrogen-bond acceptors (Lipinski definition) is 2. The topological polar surface area (TPSA) is 35.6 Å². The lowest BCUT2D eigenvalue weighted by Gasteiger charge is -2.06. The molecule has 0 aliphatic heterocycles. The Balaban J connectivity index is 1.76. The van der Waals surface area contributed by atoms with Gasteiger partial charge < -0.3 is 4.57 Å². The molecule has 3 aromatic heterocycles. The van der Waals surface area contributed by atoms with Crippen molar-refractivity contribution >= 4 is 0 Å². The van der Waals surface area contributed by atoms with Crippen LogP contribution in [0, 0.1) is 0 Å². The SMILES string of the molecule is c1ccn(Cc2cncc(Cn3cccn3)c2)c1. The van der Waals surface area contributed by atoms with Crippen LogP contribution in [0.3, 0.4) is 0 Å². The van der Waals surface area contributed by atoms with Gasteiger partial charge in [-0.2, -0.15) is 5.10 Å². The number of hydrogen-bond donors (Lipinski definition) is 0. The van der Waals surface area contributed by atoms with Crippen molar-refractivity contribution in [2.24, 2.45) is 0 Å². The van der Waals surface area contributed by atoms with E-state index in [2.05, 4.69) is 33.1 Å². The first-order chi connectivity index (χ1) is 8.90. The Morgan fingerprint density at radius 2 is 1.67 bits per heavy atom. The molecule has 0 atom stereocenters. The Morgan fingerprint density at radius 3 is 2.39 bits per heavy atom. The van der Waals surface area contributed by atoms with E-state index in [1.165, 1.54) is 11.1 Å². The Morgan fingerprint density at radius 1 is 0.889 bits per heavy atom. The van der Waals surface area contributed by atoms with E-state index in [9.17, 15) is 0 Å². The minimum atomic E-state index is 0.763. The van der Waals surface area contributed by atoms with Crippen molar-refractivity contribution in [2.75, 3.05) is 0 Å². The summed E-state index contributed by atoms with van der Waals surface area (Å²) < 4.78 is 4.03. The maximum absolute atomic E-state index is 4.29. The average molecular weight is 238 g/mol. The van der Waals surface area contributed by atoms with E-state index < -0.39 is 0 Å². The van der Waals surface area contributed by atoms with Gasteiger partial charge in [0.1, 0.15) is 0 Å². The fourth-order valence-corrected chi connectivity index (χ4v) is 1.98. The van der Waals surface area contributed by atoms with Crippen LogP contribution < -0.4 is 0 Å². The maximum atomic E-state index is 4.29. The van der Waals surface area contributed by atoms with Gasteiger partial charge in [-0.1, -0.05) is 0 Å². The lowest BCUT2D eigenvalue weighted by atomic mass is 10.2. The van der Waals surface area contributed by atoms with Gasteiger partial charge in [-0.3, -0.25) is 9.67 Å². The highest BCUT2D eigenvalue weighted by molar-refractivity contribution is 5.19. The third kappa shape index (κ3) is 2.48. The van der Waals surface area contributed by atoms with Crippen molar-refractivity contribution in [3.8, 4) is 0 Å². The molecule has 4 nitrogen and oxygen atoms in total. The molecule has 4 heteroatoms. The summed E-state index contributed by atoms with van der Waals surface area (Å²) in [5, 5.41) is 4.20. The molecular formula is C14H14N4. The number of pyridine rings is 1. The van der Waals surface area contributed by atoms with Crippen molar-refractivity contribution in [2.45, 2.75) is 13.1 Å². The van der Waals surface area contributed by atoms with E-state index in [1.807, 2.05) is 41.5 Å². The van der Waals surface area contributed by atoms with Crippen LogP contribution in [-0.2, 0) is 13.1 Å². The molecule has 0 spiro atoms. The molecule has 3 heterocycles. The van der Waals surface area contributed by atoms with Gasteiger partial charge in [0.2, 0.25) is 0 Å². The van der Waals surface area contributed by atoms with Gasteiger partial charge in [-0.05, 0) is 35.4 Å². The zero-order valence-corrected chi connectivity index (χ0v) is 9.98. The van der Waals surface area contributed by atoms with Gasteiger partial charge in [0.25, 0.3) is 0 Å². The minimum Gasteiger partial charge on any atom is -0.350 e. The van der Waals surface area contributed by atoms with Crippen molar-refractivity contribution < 1.29 is 0 Å². The maximum Gasteiger partial charge on any atom is 0.0674 e. The lowest BCUT2D eigenvalue weighted by Crippen LogP contribution is -2.03. The summed E-state index contributed by atoms with van der Waals surface area (Å²) in [4.78, 5) is 4.29. The Bertz CT molecular complexity index is 545. The second kappa shape index (κ2) is 4.87. The van der Waals surface area contributed by atoms with E-state index in [0.29, 0.717) is 0 Å². The second-order valence-electron chi connectivity index (χ2n) is 4.26. The molecule has 0 saturated carbocycles.